The van der Waals surface area contributed by atoms with Gasteiger partial charge in [0.05, 0.1) is 54.6 Å². The molecular formula is C38H20N4O2S. The first-order valence-electron chi connectivity index (χ1n) is 14.4. The maximum absolute atomic E-state index is 13.6. The summed E-state index contributed by atoms with van der Waals surface area (Å²) in [4.78, 5) is -0.0410. The molecule has 0 fully saturated rings. The number of nitrogens with zero attached hydrogens (tertiary/aromatic N) is 4. The molecule has 3 heterocycles. The van der Waals surface area contributed by atoms with Gasteiger partial charge < -0.3 is 8.97 Å². The second-order valence-corrected chi connectivity index (χ2v) is 13.1. The summed E-state index contributed by atoms with van der Waals surface area (Å²) >= 11 is 0. The normalized spacial score (nSPS) is 12.1. The van der Waals surface area contributed by atoms with Crippen molar-refractivity contribution < 1.29 is 8.42 Å². The van der Waals surface area contributed by atoms with E-state index in [4.69, 9.17) is 0 Å². The third-order valence-electron chi connectivity index (χ3n) is 8.95. The van der Waals surface area contributed by atoms with E-state index in [1.807, 2.05) is 24.3 Å². The highest BCUT2D eigenvalue weighted by Gasteiger charge is 2.25. The highest BCUT2D eigenvalue weighted by Crippen LogP contribution is 2.45. The zero-order chi connectivity index (χ0) is 30.4. The van der Waals surface area contributed by atoms with Gasteiger partial charge in [-0.25, -0.2) is 8.42 Å². The van der Waals surface area contributed by atoms with Gasteiger partial charge in [0.1, 0.15) is 6.07 Å². The molecule has 210 valence electrons. The molecule has 0 aliphatic rings. The summed E-state index contributed by atoms with van der Waals surface area (Å²) in [7, 11) is -4.00. The van der Waals surface area contributed by atoms with Crippen LogP contribution in [-0.4, -0.2) is 17.4 Å². The lowest BCUT2D eigenvalue weighted by molar-refractivity contribution is 0.596. The number of rotatable bonds is 3. The lowest BCUT2D eigenvalue weighted by Crippen LogP contribution is -2.05. The topological polar surface area (TPSA) is 91.1 Å². The molecule has 0 aliphatic heterocycles. The second-order valence-electron chi connectivity index (χ2n) is 11.2. The Hall–Kier alpha value is -6.15. The molecule has 0 bridgehead atoms. The molecule has 0 radical (unpaired) electrons. The molecule has 0 spiro atoms. The molecule has 45 heavy (non-hydrogen) atoms. The Kier molecular flexibility index (Phi) is 5.03. The van der Waals surface area contributed by atoms with Crippen LogP contribution in [0.2, 0.25) is 0 Å². The number of hydrogen-bond acceptors (Lipinski definition) is 4. The highest BCUT2D eigenvalue weighted by atomic mass is 32.2. The first kappa shape index (κ1) is 25.4. The molecule has 6 nitrogen and oxygen atoms in total. The zero-order valence-corrected chi connectivity index (χ0v) is 24.4. The maximum Gasteiger partial charge on any atom is 0.207 e. The van der Waals surface area contributed by atoms with E-state index in [-0.39, 0.29) is 20.9 Å². The maximum atomic E-state index is 13.6. The van der Waals surface area contributed by atoms with Gasteiger partial charge in [0.15, 0.2) is 0 Å². The Bertz CT molecular complexity index is 2900. The summed E-state index contributed by atoms with van der Waals surface area (Å²) in [6.07, 6.45) is 0. The van der Waals surface area contributed by atoms with E-state index >= 15 is 0 Å². The summed E-state index contributed by atoms with van der Waals surface area (Å²) in [5.74, 6) is 0. The summed E-state index contributed by atoms with van der Waals surface area (Å²) in [6.45, 7) is 0. The number of aromatic nitrogens is 2. The lowest BCUT2D eigenvalue weighted by atomic mass is 10.0. The molecule has 0 aliphatic carbocycles. The van der Waals surface area contributed by atoms with Crippen LogP contribution in [-0.2, 0) is 9.84 Å². The number of hydrogen-bond donors (Lipinski definition) is 0. The summed E-state index contributed by atoms with van der Waals surface area (Å²) in [5.41, 5.74) is 6.49. The highest BCUT2D eigenvalue weighted by molar-refractivity contribution is 7.91. The molecule has 9 rings (SSSR count). The summed E-state index contributed by atoms with van der Waals surface area (Å²) < 4.78 is 31.8. The minimum atomic E-state index is -4.00. The average Bonchev–Trinajstić information content (AvgIpc) is 3.56. The molecule has 7 heteroatoms. The van der Waals surface area contributed by atoms with Crippen LogP contribution in [0.1, 0.15) is 11.1 Å². The van der Waals surface area contributed by atoms with Gasteiger partial charge >= 0.3 is 0 Å². The fraction of sp³-hybridized carbons (Fsp3) is 0. The molecule has 0 atom stereocenters. The van der Waals surface area contributed by atoms with Crippen molar-refractivity contribution in [3.8, 4) is 17.8 Å². The first-order chi connectivity index (χ1) is 22.0. The van der Waals surface area contributed by atoms with Gasteiger partial charge in [-0.15, -0.1) is 0 Å². The van der Waals surface area contributed by atoms with E-state index in [9.17, 15) is 18.9 Å². The number of fused-ring (bicyclic) bond motifs is 6. The fourth-order valence-electron chi connectivity index (χ4n) is 7.07. The van der Waals surface area contributed by atoms with Crippen LogP contribution in [0.25, 0.3) is 65.6 Å². The lowest BCUT2D eigenvalue weighted by Gasteiger charge is -2.11. The average molecular weight is 597 g/mol. The van der Waals surface area contributed by atoms with E-state index in [2.05, 4.69) is 87.8 Å². The van der Waals surface area contributed by atoms with Gasteiger partial charge in [-0.3, -0.25) is 0 Å². The van der Waals surface area contributed by atoms with Gasteiger partial charge in [-0.1, -0.05) is 54.6 Å². The van der Waals surface area contributed by atoms with Crippen molar-refractivity contribution in [3.05, 3.63) is 132 Å². The minimum absolute atomic E-state index is 0.0535. The zero-order valence-electron chi connectivity index (χ0n) is 23.6. The van der Waals surface area contributed by atoms with Crippen molar-refractivity contribution >= 4 is 69.7 Å². The monoisotopic (exact) mass is 596 g/mol. The molecule has 6 aromatic carbocycles. The van der Waals surface area contributed by atoms with Gasteiger partial charge in [0.25, 0.3) is 0 Å². The van der Waals surface area contributed by atoms with E-state index in [1.54, 1.807) is 12.1 Å². The molecule has 0 unspecified atom stereocenters. The van der Waals surface area contributed by atoms with Crippen molar-refractivity contribution in [2.24, 2.45) is 0 Å². The van der Waals surface area contributed by atoms with Crippen LogP contribution in [0, 0.1) is 22.7 Å². The van der Waals surface area contributed by atoms with Crippen LogP contribution in [0.3, 0.4) is 0 Å². The molecule has 0 saturated heterocycles. The molecule has 3 aromatic heterocycles. The Morgan fingerprint density at radius 1 is 0.556 bits per heavy atom. The van der Waals surface area contributed by atoms with Crippen LogP contribution < -0.4 is 0 Å². The fourth-order valence-corrected chi connectivity index (χ4v) is 8.46. The largest absolute Gasteiger partial charge is 0.309 e. The molecule has 9 aromatic rings. The third-order valence-corrected chi connectivity index (χ3v) is 10.8. The number of nitriles is 2. The standard InChI is InChI=1S/C38H20N4O2S/c39-21-23-12-19-35(24(20-23)22-40)45(43,44)26-15-13-25(14-16-26)41-33-11-5-8-29-27-6-1-3-9-31(27)42-32-10-4-2-7-28(32)30-17-18-34(41)37(36(29)33)38(30)42/h1-20H. The predicted molar refractivity (Wildman–Crippen MR) is 177 cm³/mol. The SMILES string of the molecule is N#Cc1ccc(S(=O)(=O)c2ccc(-n3c4cccc5c6ccccc6n6c7ccccc7c7ccc3c(c54)c76)cc2)c(C#N)c1. The number of sulfone groups is 1. The van der Waals surface area contributed by atoms with Crippen molar-refractivity contribution in [3.63, 3.8) is 0 Å². The quantitative estimate of drug-likeness (QED) is 0.204. The first-order valence-corrected chi connectivity index (χ1v) is 15.9. The van der Waals surface area contributed by atoms with Crippen molar-refractivity contribution in [1.29, 1.82) is 10.5 Å². The van der Waals surface area contributed by atoms with Crippen LogP contribution in [0.5, 0.6) is 0 Å². The van der Waals surface area contributed by atoms with Gasteiger partial charge in [0.2, 0.25) is 9.84 Å². The summed E-state index contributed by atoms with van der Waals surface area (Å²) in [6, 6.07) is 42.5. The van der Waals surface area contributed by atoms with Gasteiger partial charge in [-0.05, 0) is 72.1 Å². The van der Waals surface area contributed by atoms with E-state index in [1.165, 1.54) is 29.0 Å². The molecule has 0 amide bonds. The summed E-state index contributed by atoms with van der Waals surface area (Å²) in [5, 5.41) is 25.8. The van der Waals surface area contributed by atoms with Gasteiger partial charge in [-0.2, -0.15) is 10.5 Å². The van der Waals surface area contributed by atoms with Crippen molar-refractivity contribution in [2.75, 3.05) is 0 Å². The minimum Gasteiger partial charge on any atom is -0.309 e. The molecule has 0 saturated carbocycles. The van der Waals surface area contributed by atoms with Crippen molar-refractivity contribution in [2.45, 2.75) is 9.79 Å². The third kappa shape index (κ3) is 3.28. The van der Waals surface area contributed by atoms with Crippen LogP contribution in [0.4, 0.5) is 0 Å². The van der Waals surface area contributed by atoms with Crippen LogP contribution in [0.15, 0.2) is 131 Å². The molecular weight excluding hydrogens is 577 g/mol. The Morgan fingerprint density at radius 3 is 1.91 bits per heavy atom. The van der Waals surface area contributed by atoms with Crippen LogP contribution >= 0.6 is 0 Å². The Balaban J connectivity index is 1.35. The second kappa shape index (κ2) is 8.93. The van der Waals surface area contributed by atoms with E-state index in [0.717, 1.165) is 54.8 Å². The van der Waals surface area contributed by atoms with Crippen molar-refractivity contribution in [1.82, 2.24) is 8.97 Å². The Labute approximate surface area is 257 Å². The van der Waals surface area contributed by atoms with Gasteiger partial charge in [0, 0.05) is 32.6 Å². The predicted octanol–water partition coefficient (Wildman–Crippen LogP) is 8.51. The van der Waals surface area contributed by atoms with E-state index < -0.39 is 9.84 Å². The Morgan fingerprint density at radius 2 is 1.20 bits per heavy atom. The molecule has 0 N–H and O–H groups in total. The van der Waals surface area contributed by atoms with E-state index in [0.29, 0.717) is 0 Å². The number of para-hydroxylation sites is 2. The number of benzene rings is 6. The smallest absolute Gasteiger partial charge is 0.207 e.